The van der Waals surface area contributed by atoms with Crippen LogP contribution in [0.25, 0.3) is 10.2 Å². The Balaban J connectivity index is 2.60. The molecule has 2 rings (SSSR count). The molecule has 2 aromatic rings. The molecule has 0 saturated carbocycles. The predicted molar refractivity (Wildman–Crippen MR) is 83.6 cm³/mol. The minimum Gasteiger partial charge on any atom is -0.477 e. The first-order valence-electron chi connectivity index (χ1n) is 6.22. The number of carbonyl (C=O) groups excluding carboxylic acids is 1. The summed E-state index contributed by atoms with van der Waals surface area (Å²) in [7, 11) is 0. The van der Waals surface area contributed by atoms with Crippen LogP contribution in [-0.4, -0.2) is 37.9 Å². The van der Waals surface area contributed by atoms with Gasteiger partial charge in [-0.2, -0.15) is 4.68 Å². The van der Waals surface area contributed by atoms with E-state index < -0.39 is 23.5 Å². The van der Waals surface area contributed by atoms with Crippen LogP contribution >= 0.6 is 23.6 Å². The van der Waals surface area contributed by atoms with Crippen LogP contribution in [0.5, 0.6) is 0 Å². The fraction of sp³-hybridized carbons (Fsp3) is 0.333. The Labute approximate surface area is 133 Å². The number of rotatable bonds is 4. The van der Waals surface area contributed by atoms with E-state index in [9.17, 15) is 19.5 Å². The van der Waals surface area contributed by atoms with Crippen molar-refractivity contribution in [1.82, 2.24) is 9.66 Å². The molecule has 10 heteroatoms. The highest BCUT2D eigenvalue weighted by atomic mass is 32.1. The van der Waals surface area contributed by atoms with Crippen molar-refractivity contribution in [3.8, 4) is 0 Å². The highest BCUT2D eigenvalue weighted by molar-refractivity contribution is 7.71. The van der Waals surface area contributed by atoms with Crippen molar-refractivity contribution in [2.45, 2.75) is 26.4 Å². The molecule has 0 bridgehead atoms. The average Bonchev–Trinajstić information content (AvgIpc) is 2.71. The molecule has 0 aliphatic rings. The number of aromatic nitrogens is 2. The Morgan fingerprint density at radius 2 is 2.14 bits per heavy atom. The van der Waals surface area contributed by atoms with Crippen molar-refractivity contribution in [1.29, 1.82) is 0 Å². The number of nitrogens with one attached hydrogen (secondary N) is 2. The van der Waals surface area contributed by atoms with Gasteiger partial charge in [0.25, 0.3) is 5.56 Å². The first-order valence-corrected chi connectivity index (χ1v) is 7.44. The van der Waals surface area contributed by atoms with Gasteiger partial charge in [-0.15, -0.1) is 11.3 Å². The molecule has 0 fully saturated rings. The monoisotopic (exact) mass is 343 g/mol. The van der Waals surface area contributed by atoms with E-state index in [4.69, 9.17) is 17.3 Å². The van der Waals surface area contributed by atoms with Gasteiger partial charge in [0.2, 0.25) is 10.7 Å². The Kier molecular flexibility index (Phi) is 4.44. The zero-order valence-electron chi connectivity index (χ0n) is 11.7. The topological polar surface area (TPSA) is 124 Å². The molecule has 0 unspecified atom stereocenters. The quantitative estimate of drug-likeness (QED) is 0.613. The molecule has 0 aliphatic carbocycles. The smallest absolute Gasteiger partial charge is 0.346 e. The number of thiophene rings is 1. The number of carboxylic acids is 1. The van der Waals surface area contributed by atoms with E-state index in [0.29, 0.717) is 10.4 Å². The van der Waals surface area contributed by atoms with Crippen molar-refractivity contribution in [2.75, 3.05) is 5.43 Å². The Morgan fingerprint density at radius 1 is 1.50 bits per heavy atom. The first-order chi connectivity index (χ1) is 10.2. The number of amides is 1. The molecular formula is C12H13N3O5S2. The largest absolute Gasteiger partial charge is 0.477 e. The fourth-order valence-corrected chi connectivity index (χ4v) is 3.29. The highest BCUT2D eigenvalue weighted by Crippen LogP contribution is 2.26. The van der Waals surface area contributed by atoms with Crippen LogP contribution in [0.2, 0.25) is 0 Å². The molecule has 0 spiro atoms. The number of fused-ring (bicyclic) bond motifs is 1. The van der Waals surface area contributed by atoms with Gasteiger partial charge in [-0.1, -0.05) is 0 Å². The Bertz CT molecular complexity index is 877. The summed E-state index contributed by atoms with van der Waals surface area (Å²) >= 11 is 5.92. The molecule has 8 nitrogen and oxygen atoms in total. The Hall–Kier alpha value is -2.04. The number of aliphatic hydroxyl groups excluding tert-OH is 1. The van der Waals surface area contributed by atoms with Crippen LogP contribution in [-0.2, 0) is 4.79 Å². The van der Waals surface area contributed by atoms with Crippen molar-refractivity contribution in [2.24, 2.45) is 0 Å². The van der Waals surface area contributed by atoms with Gasteiger partial charge in [0, 0.05) is 0 Å². The summed E-state index contributed by atoms with van der Waals surface area (Å²) in [4.78, 5) is 38.4. The van der Waals surface area contributed by atoms with E-state index in [0.717, 1.165) is 16.0 Å². The van der Waals surface area contributed by atoms with E-state index in [1.165, 1.54) is 13.8 Å². The molecule has 2 aromatic heterocycles. The summed E-state index contributed by atoms with van der Waals surface area (Å²) in [6.45, 7) is 2.96. The van der Waals surface area contributed by atoms with Crippen molar-refractivity contribution in [3.63, 3.8) is 0 Å². The lowest BCUT2D eigenvalue weighted by Gasteiger charge is -2.09. The highest BCUT2D eigenvalue weighted by Gasteiger charge is 2.19. The number of hydrogen-bond acceptors (Lipinski definition) is 6. The van der Waals surface area contributed by atoms with Crippen LogP contribution in [0, 0.1) is 11.7 Å². The molecule has 0 aromatic carbocycles. The maximum absolute atomic E-state index is 12.4. The number of aliphatic hydroxyl groups is 1. The average molecular weight is 343 g/mol. The molecule has 1 atom stereocenters. The van der Waals surface area contributed by atoms with Crippen molar-refractivity contribution >= 4 is 45.6 Å². The van der Waals surface area contributed by atoms with E-state index in [1.54, 1.807) is 0 Å². The third kappa shape index (κ3) is 2.93. The molecule has 0 saturated heterocycles. The van der Waals surface area contributed by atoms with Gasteiger partial charge >= 0.3 is 5.97 Å². The second-order valence-corrected chi connectivity index (χ2v) is 6.13. The molecule has 2 heterocycles. The number of aryl methyl sites for hydroxylation is 1. The number of aromatic carboxylic acids is 1. The van der Waals surface area contributed by atoms with Gasteiger partial charge < -0.3 is 15.2 Å². The summed E-state index contributed by atoms with van der Waals surface area (Å²) in [6, 6.07) is 0. The van der Waals surface area contributed by atoms with E-state index in [-0.39, 0.29) is 21.5 Å². The summed E-state index contributed by atoms with van der Waals surface area (Å²) in [5.41, 5.74) is 1.99. The number of nitrogens with zero attached hydrogens (tertiary/aromatic N) is 1. The molecular weight excluding hydrogens is 330 g/mol. The number of H-pyrrole nitrogens is 1. The predicted octanol–water partition coefficient (Wildman–Crippen LogP) is 0.968. The zero-order chi connectivity index (χ0) is 16.6. The third-order valence-electron chi connectivity index (χ3n) is 2.90. The number of carboxylic acid groups (broad SMARTS) is 1. The summed E-state index contributed by atoms with van der Waals surface area (Å²) in [6.07, 6.45) is -1.05. The molecule has 0 aliphatic heterocycles. The number of aromatic amines is 1. The van der Waals surface area contributed by atoms with E-state index >= 15 is 0 Å². The third-order valence-corrected chi connectivity index (χ3v) is 4.38. The minimum absolute atomic E-state index is 0.0332. The summed E-state index contributed by atoms with van der Waals surface area (Å²) < 4.78 is 0.780. The zero-order valence-corrected chi connectivity index (χ0v) is 13.3. The fourth-order valence-electron chi connectivity index (χ4n) is 1.96. The van der Waals surface area contributed by atoms with Crippen LogP contribution in [0.1, 0.15) is 28.6 Å². The number of hydrogen-bond donors (Lipinski definition) is 4. The summed E-state index contributed by atoms with van der Waals surface area (Å²) in [5.74, 6) is -1.72. The van der Waals surface area contributed by atoms with Gasteiger partial charge in [0.05, 0.1) is 17.9 Å². The normalized spacial score (nSPS) is 12.3. The lowest BCUT2D eigenvalue weighted by molar-refractivity contribution is -0.118. The maximum atomic E-state index is 12.4. The molecule has 118 valence electrons. The van der Waals surface area contributed by atoms with Crippen LogP contribution in [0.3, 0.4) is 0 Å². The van der Waals surface area contributed by atoms with Crippen LogP contribution in [0.15, 0.2) is 4.79 Å². The summed E-state index contributed by atoms with van der Waals surface area (Å²) in [5, 5.41) is 18.4. The maximum Gasteiger partial charge on any atom is 0.346 e. The van der Waals surface area contributed by atoms with E-state index in [1.807, 2.05) is 0 Å². The second-order valence-electron chi connectivity index (χ2n) is 4.72. The molecule has 22 heavy (non-hydrogen) atoms. The SMILES string of the molecule is Cc1c(C(=O)O)sc2[nH]c(=S)n(NC(=O)C[C@@H](C)O)c(=O)c12. The lowest BCUT2D eigenvalue weighted by atomic mass is 10.2. The molecule has 4 N–H and O–H groups in total. The molecule has 0 radical (unpaired) electrons. The second kappa shape index (κ2) is 5.99. The first kappa shape index (κ1) is 16.3. The van der Waals surface area contributed by atoms with Gasteiger partial charge in [-0.3, -0.25) is 15.0 Å². The minimum atomic E-state index is -1.14. The van der Waals surface area contributed by atoms with E-state index in [2.05, 4.69) is 10.4 Å². The lowest BCUT2D eigenvalue weighted by Crippen LogP contribution is -2.35. The standard InChI is InChI=1S/C12H13N3O5S2/c1-4(16)3-6(17)14-15-10(18)7-5(2)8(11(19)20)22-9(7)13-12(15)21/h4,16H,3H2,1-2H3,(H,13,21)(H,14,17)(H,19,20)/t4-/m1/s1. The number of carbonyl (C=O) groups is 2. The van der Waals surface area contributed by atoms with Crippen LogP contribution in [0.4, 0.5) is 0 Å². The van der Waals surface area contributed by atoms with Crippen molar-refractivity contribution in [3.05, 3.63) is 25.6 Å². The Morgan fingerprint density at radius 3 is 2.68 bits per heavy atom. The van der Waals surface area contributed by atoms with Gasteiger partial charge in [0.15, 0.2) is 0 Å². The van der Waals surface area contributed by atoms with Gasteiger partial charge in [0.1, 0.15) is 9.71 Å². The van der Waals surface area contributed by atoms with Crippen molar-refractivity contribution < 1.29 is 19.8 Å². The van der Waals surface area contributed by atoms with Crippen LogP contribution < -0.4 is 11.0 Å². The van der Waals surface area contributed by atoms with Gasteiger partial charge in [-0.25, -0.2) is 4.79 Å². The molecule has 1 amide bonds. The van der Waals surface area contributed by atoms with Gasteiger partial charge in [-0.05, 0) is 31.6 Å².